The van der Waals surface area contributed by atoms with E-state index in [2.05, 4.69) is 10.1 Å². The third-order valence-corrected chi connectivity index (χ3v) is 3.09. The number of nitrogens with one attached hydrogen (secondary N) is 1. The van der Waals surface area contributed by atoms with Crippen LogP contribution < -0.4 is 11.2 Å². The highest BCUT2D eigenvalue weighted by molar-refractivity contribution is 5.58. The van der Waals surface area contributed by atoms with Crippen LogP contribution in [0.3, 0.4) is 0 Å². The van der Waals surface area contributed by atoms with Gasteiger partial charge >= 0.3 is 5.69 Å². The van der Waals surface area contributed by atoms with Crippen LogP contribution in [0.25, 0.3) is 11.3 Å². The molecule has 7 heteroatoms. The van der Waals surface area contributed by atoms with Gasteiger partial charge in [0.15, 0.2) is 5.76 Å². The summed E-state index contributed by atoms with van der Waals surface area (Å²) in [6.07, 6.45) is 1.20. The van der Waals surface area contributed by atoms with Gasteiger partial charge in [0.2, 0.25) is 0 Å². The van der Waals surface area contributed by atoms with E-state index in [0.717, 1.165) is 5.56 Å². The smallest absolute Gasteiger partial charge is 0.328 e. The lowest BCUT2D eigenvalue weighted by Gasteiger charge is -2.01. The number of hydrogen-bond donors (Lipinski definition) is 1. The molecule has 0 bridgehead atoms. The summed E-state index contributed by atoms with van der Waals surface area (Å²) in [6, 6.07) is 12.9. The van der Waals surface area contributed by atoms with Crippen LogP contribution in [-0.2, 0) is 6.54 Å². The Morgan fingerprint density at radius 2 is 2.05 bits per heavy atom. The van der Waals surface area contributed by atoms with E-state index in [9.17, 15) is 9.59 Å². The van der Waals surface area contributed by atoms with Crippen LogP contribution in [0.5, 0.6) is 0 Å². The molecule has 108 valence electrons. The van der Waals surface area contributed by atoms with Crippen molar-refractivity contribution in [3.8, 4) is 17.3 Å². The molecular formula is C15H10N4O3. The van der Waals surface area contributed by atoms with Gasteiger partial charge in [-0.15, -0.1) is 0 Å². The quantitative estimate of drug-likeness (QED) is 0.779. The van der Waals surface area contributed by atoms with E-state index in [4.69, 9.17) is 9.78 Å². The minimum Gasteiger partial charge on any atom is -0.359 e. The van der Waals surface area contributed by atoms with E-state index in [1.807, 2.05) is 30.3 Å². The highest BCUT2D eigenvalue weighted by Gasteiger charge is 2.09. The molecule has 0 saturated carbocycles. The number of nitriles is 1. The molecule has 0 radical (unpaired) electrons. The summed E-state index contributed by atoms with van der Waals surface area (Å²) >= 11 is 0. The molecule has 0 aliphatic rings. The molecule has 7 nitrogen and oxygen atoms in total. The monoisotopic (exact) mass is 294 g/mol. The molecule has 22 heavy (non-hydrogen) atoms. The van der Waals surface area contributed by atoms with Crippen molar-refractivity contribution in [2.45, 2.75) is 6.54 Å². The zero-order valence-electron chi connectivity index (χ0n) is 11.3. The lowest BCUT2D eigenvalue weighted by atomic mass is 10.1. The molecule has 0 aliphatic heterocycles. The minimum absolute atomic E-state index is 0.0735. The van der Waals surface area contributed by atoms with Gasteiger partial charge in [0.05, 0.1) is 6.54 Å². The van der Waals surface area contributed by atoms with E-state index in [1.165, 1.54) is 10.8 Å². The SMILES string of the molecule is N#Cc1cn(Cc2cc(-c3ccccc3)no2)c(=O)[nH]c1=O. The lowest BCUT2D eigenvalue weighted by molar-refractivity contribution is 0.376. The fourth-order valence-corrected chi connectivity index (χ4v) is 2.01. The normalized spacial score (nSPS) is 10.3. The molecule has 2 aromatic heterocycles. The van der Waals surface area contributed by atoms with Crippen molar-refractivity contribution in [1.29, 1.82) is 5.26 Å². The van der Waals surface area contributed by atoms with Crippen molar-refractivity contribution >= 4 is 0 Å². The third kappa shape index (κ3) is 2.58. The maximum atomic E-state index is 11.7. The van der Waals surface area contributed by atoms with Gasteiger partial charge in [-0.1, -0.05) is 35.5 Å². The van der Waals surface area contributed by atoms with E-state index >= 15 is 0 Å². The number of nitrogens with zero attached hydrogens (tertiary/aromatic N) is 3. The van der Waals surface area contributed by atoms with Crippen molar-refractivity contribution in [2.75, 3.05) is 0 Å². The van der Waals surface area contributed by atoms with E-state index in [0.29, 0.717) is 11.5 Å². The Hall–Kier alpha value is -3.40. The van der Waals surface area contributed by atoms with Gasteiger partial charge in [0.1, 0.15) is 17.3 Å². The Labute approximate surface area is 124 Å². The number of rotatable bonds is 3. The fourth-order valence-electron chi connectivity index (χ4n) is 2.01. The molecule has 1 aromatic carbocycles. The predicted molar refractivity (Wildman–Crippen MR) is 77.1 cm³/mol. The number of benzene rings is 1. The number of aromatic amines is 1. The summed E-state index contributed by atoms with van der Waals surface area (Å²) in [5, 5.41) is 12.8. The van der Waals surface area contributed by atoms with Crippen LogP contribution in [0, 0.1) is 11.3 Å². The molecule has 0 spiro atoms. The molecule has 0 saturated heterocycles. The second-order valence-electron chi connectivity index (χ2n) is 4.59. The first-order valence-corrected chi connectivity index (χ1v) is 6.42. The van der Waals surface area contributed by atoms with Crippen molar-refractivity contribution in [1.82, 2.24) is 14.7 Å². The second-order valence-corrected chi connectivity index (χ2v) is 4.59. The first kappa shape index (κ1) is 13.6. The zero-order valence-corrected chi connectivity index (χ0v) is 11.3. The van der Waals surface area contributed by atoms with E-state index in [-0.39, 0.29) is 12.1 Å². The first-order chi connectivity index (χ1) is 10.7. The summed E-state index contributed by atoms with van der Waals surface area (Å²) in [5.74, 6) is 0.442. The second kappa shape index (κ2) is 5.54. The first-order valence-electron chi connectivity index (χ1n) is 6.42. The molecule has 0 unspecified atom stereocenters. The Morgan fingerprint density at radius 1 is 1.27 bits per heavy atom. The van der Waals surface area contributed by atoms with Crippen molar-refractivity contribution in [2.24, 2.45) is 0 Å². The van der Waals surface area contributed by atoms with Gasteiger partial charge in [-0.2, -0.15) is 5.26 Å². The molecule has 3 aromatic rings. The molecule has 2 heterocycles. The Balaban J connectivity index is 1.92. The summed E-state index contributed by atoms with van der Waals surface area (Å²) < 4.78 is 6.39. The largest absolute Gasteiger partial charge is 0.359 e. The van der Waals surface area contributed by atoms with Crippen LogP contribution in [0.2, 0.25) is 0 Å². The van der Waals surface area contributed by atoms with Gasteiger partial charge in [-0.05, 0) is 0 Å². The molecule has 0 amide bonds. The summed E-state index contributed by atoms with van der Waals surface area (Å²) in [7, 11) is 0. The molecule has 0 aliphatic carbocycles. The van der Waals surface area contributed by atoms with Gasteiger partial charge in [-0.3, -0.25) is 14.3 Å². The number of H-pyrrole nitrogens is 1. The van der Waals surface area contributed by atoms with Crippen molar-refractivity contribution < 1.29 is 4.52 Å². The topological polar surface area (TPSA) is 105 Å². The van der Waals surface area contributed by atoms with Gasteiger partial charge < -0.3 is 4.52 Å². The van der Waals surface area contributed by atoms with E-state index in [1.54, 1.807) is 12.1 Å². The molecule has 0 atom stereocenters. The fraction of sp³-hybridized carbons (Fsp3) is 0.0667. The Morgan fingerprint density at radius 3 is 2.77 bits per heavy atom. The molecule has 3 rings (SSSR count). The standard InChI is InChI=1S/C15H10N4O3/c16-7-11-8-19(15(21)17-14(11)20)9-12-6-13(18-22-12)10-4-2-1-3-5-10/h1-6,8H,9H2,(H,17,20,21). The Bertz CT molecular complexity index is 961. The maximum Gasteiger partial charge on any atom is 0.328 e. The summed E-state index contributed by atoms with van der Waals surface area (Å²) in [5.41, 5.74) is 0.0907. The summed E-state index contributed by atoms with van der Waals surface area (Å²) in [6.45, 7) is 0.0735. The lowest BCUT2D eigenvalue weighted by Crippen LogP contribution is -2.31. The van der Waals surface area contributed by atoms with Crippen LogP contribution in [0.1, 0.15) is 11.3 Å². The van der Waals surface area contributed by atoms with Crippen LogP contribution in [-0.4, -0.2) is 14.7 Å². The highest BCUT2D eigenvalue weighted by atomic mass is 16.5. The van der Waals surface area contributed by atoms with Gasteiger partial charge in [0, 0.05) is 17.8 Å². The highest BCUT2D eigenvalue weighted by Crippen LogP contribution is 2.18. The average Bonchev–Trinajstić information content (AvgIpc) is 2.99. The maximum absolute atomic E-state index is 11.7. The van der Waals surface area contributed by atoms with Crippen LogP contribution in [0.15, 0.2) is 56.7 Å². The van der Waals surface area contributed by atoms with Gasteiger partial charge in [-0.25, -0.2) is 4.79 Å². The van der Waals surface area contributed by atoms with Crippen molar-refractivity contribution in [3.63, 3.8) is 0 Å². The molecule has 1 N–H and O–H groups in total. The third-order valence-electron chi connectivity index (χ3n) is 3.09. The van der Waals surface area contributed by atoms with Crippen LogP contribution >= 0.6 is 0 Å². The molecular weight excluding hydrogens is 284 g/mol. The zero-order chi connectivity index (χ0) is 15.5. The number of aromatic nitrogens is 3. The summed E-state index contributed by atoms with van der Waals surface area (Å²) in [4.78, 5) is 25.1. The van der Waals surface area contributed by atoms with Gasteiger partial charge in [0.25, 0.3) is 5.56 Å². The van der Waals surface area contributed by atoms with Crippen LogP contribution in [0.4, 0.5) is 0 Å². The predicted octanol–water partition coefficient (Wildman–Crippen LogP) is 1.11. The average molecular weight is 294 g/mol. The van der Waals surface area contributed by atoms with E-state index < -0.39 is 11.2 Å². The minimum atomic E-state index is -0.703. The Kier molecular flexibility index (Phi) is 3.42. The number of hydrogen-bond acceptors (Lipinski definition) is 5. The molecule has 0 fully saturated rings. The van der Waals surface area contributed by atoms with Crippen molar-refractivity contribution in [3.05, 3.63) is 74.8 Å².